The van der Waals surface area contributed by atoms with Gasteiger partial charge in [0.1, 0.15) is 24.4 Å². The Morgan fingerprint density at radius 2 is 1.64 bits per heavy atom. The lowest BCUT2D eigenvalue weighted by molar-refractivity contribution is -0.302. The van der Waals surface area contributed by atoms with Gasteiger partial charge >= 0.3 is 7.60 Å². The molecule has 0 saturated carbocycles. The minimum atomic E-state index is -3.56. The van der Waals surface area contributed by atoms with E-state index >= 15 is 0 Å². The van der Waals surface area contributed by atoms with Crippen molar-refractivity contribution in [3.8, 4) is 0 Å². The molecule has 0 aromatic heterocycles. The average Bonchev–Trinajstić information content (AvgIpc) is 2.45. The molecule has 0 unspecified atom stereocenters. The largest absolute Gasteiger partial charge is 0.390 e. The van der Waals surface area contributed by atoms with Crippen LogP contribution in [0.15, 0.2) is 0 Å². The molecule has 1 heterocycles. The first-order valence-electron chi connectivity index (χ1n) is 7.08. The van der Waals surface area contributed by atoms with Crippen LogP contribution in [0.5, 0.6) is 0 Å². The van der Waals surface area contributed by atoms with Gasteiger partial charge in [0.25, 0.3) is 0 Å². The number of ether oxygens (including phenoxy) is 2. The molecular formula is C12H25O9P. The first kappa shape index (κ1) is 20.0. The van der Waals surface area contributed by atoms with Crippen LogP contribution in [0.3, 0.4) is 0 Å². The van der Waals surface area contributed by atoms with E-state index in [-0.39, 0.29) is 13.2 Å². The Labute approximate surface area is 129 Å². The van der Waals surface area contributed by atoms with Crippen LogP contribution in [0.4, 0.5) is 0 Å². The summed E-state index contributed by atoms with van der Waals surface area (Å²) in [5, 5.41) is 39.5. The van der Waals surface area contributed by atoms with E-state index < -0.39 is 50.6 Å². The molecule has 1 saturated heterocycles. The molecule has 132 valence electrons. The molecule has 10 heteroatoms. The standard InChI is InChI=1S/C12H25O9P/c1-4-19-22(17,20-5-2)6-7(13)11-9(15)8(14)10(16)12(18-3)21-11/h7-16H,4-6H2,1-3H3/t7-,8-,9-,10-,11+,12+/m0/s1. The van der Waals surface area contributed by atoms with Crippen molar-refractivity contribution in [2.75, 3.05) is 26.5 Å². The van der Waals surface area contributed by atoms with Crippen molar-refractivity contribution in [2.45, 2.75) is 50.7 Å². The highest BCUT2D eigenvalue weighted by atomic mass is 31.2. The fourth-order valence-corrected chi connectivity index (χ4v) is 3.99. The third-order valence-electron chi connectivity index (χ3n) is 3.28. The summed E-state index contributed by atoms with van der Waals surface area (Å²) in [7, 11) is -2.31. The van der Waals surface area contributed by atoms with Crippen molar-refractivity contribution < 1.29 is 43.5 Å². The third-order valence-corrected chi connectivity index (χ3v) is 5.40. The molecule has 1 aliphatic heterocycles. The highest BCUT2D eigenvalue weighted by Gasteiger charge is 2.48. The van der Waals surface area contributed by atoms with Gasteiger partial charge in [-0.05, 0) is 13.8 Å². The maximum absolute atomic E-state index is 12.4. The zero-order valence-corrected chi connectivity index (χ0v) is 13.8. The highest BCUT2D eigenvalue weighted by molar-refractivity contribution is 7.53. The van der Waals surface area contributed by atoms with Gasteiger partial charge in [0, 0.05) is 7.11 Å². The molecule has 22 heavy (non-hydrogen) atoms. The molecule has 0 amide bonds. The SMILES string of the molecule is CCOP(=O)(C[C@H](O)[C@H]1O[C@@H](OC)[C@@H](O)[C@@H](O)[C@@H]1O)OCC. The fourth-order valence-electron chi connectivity index (χ4n) is 2.26. The van der Waals surface area contributed by atoms with Crippen LogP contribution in [-0.2, 0) is 23.1 Å². The molecule has 1 aliphatic rings. The highest BCUT2D eigenvalue weighted by Crippen LogP contribution is 2.49. The molecule has 0 radical (unpaired) electrons. The Balaban J connectivity index is 2.81. The number of methoxy groups -OCH3 is 1. The van der Waals surface area contributed by atoms with Gasteiger partial charge in [-0.25, -0.2) is 0 Å². The molecule has 0 bridgehead atoms. The Hall–Kier alpha value is -0.0900. The van der Waals surface area contributed by atoms with E-state index in [4.69, 9.17) is 18.5 Å². The van der Waals surface area contributed by atoms with Crippen LogP contribution < -0.4 is 0 Å². The van der Waals surface area contributed by atoms with Gasteiger partial charge in [-0.1, -0.05) is 0 Å². The van der Waals surface area contributed by atoms with E-state index in [2.05, 4.69) is 0 Å². The third kappa shape index (κ3) is 4.70. The summed E-state index contributed by atoms with van der Waals surface area (Å²) >= 11 is 0. The van der Waals surface area contributed by atoms with Gasteiger partial charge in [0.05, 0.1) is 25.5 Å². The summed E-state index contributed by atoms with van der Waals surface area (Å²) in [5.74, 6) is 0. The van der Waals surface area contributed by atoms with Gasteiger partial charge in [0.15, 0.2) is 6.29 Å². The van der Waals surface area contributed by atoms with Crippen LogP contribution in [0.2, 0.25) is 0 Å². The topological polar surface area (TPSA) is 135 Å². The van der Waals surface area contributed by atoms with Gasteiger partial charge in [-0.15, -0.1) is 0 Å². The predicted octanol–water partition coefficient (Wildman–Crippen LogP) is -0.933. The van der Waals surface area contributed by atoms with Crippen LogP contribution in [0, 0.1) is 0 Å². The first-order chi connectivity index (χ1) is 10.3. The molecule has 9 nitrogen and oxygen atoms in total. The zero-order chi connectivity index (χ0) is 16.9. The summed E-state index contributed by atoms with van der Waals surface area (Å²) in [5.41, 5.74) is 0. The maximum atomic E-state index is 12.4. The predicted molar refractivity (Wildman–Crippen MR) is 75.4 cm³/mol. The Kier molecular flexibility index (Phi) is 7.87. The van der Waals surface area contributed by atoms with E-state index in [0.717, 1.165) is 0 Å². The minimum absolute atomic E-state index is 0.125. The van der Waals surface area contributed by atoms with Crippen LogP contribution >= 0.6 is 7.60 Å². The van der Waals surface area contributed by atoms with Crippen molar-refractivity contribution in [1.29, 1.82) is 0 Å². The molecule has 4 N–H and O–H groups in total. The molecule has 0 aromatic carbocycles. The normalized spacial score (nSPS) is 34.6. The summed E-state index contributed by atoms with van der Waals surface area (Å²) in [6, 6.07) is 0. The number of hydrogen-bond acceptors (Lipinski definition) is 9. The fraction of sp³-hybridized carbons (Fsp3) is 1.00. The second kappa shape index (κ2) is 8.68. The quantitative estimate of drug-likeness (QED) is 0.412. The second-order valence-corrected chi connectivity index (χ2v) is 6.98. The number of hydrogen-bond donors (Lipinski definition) is 4. The maximum Gasteiger partial charge on any atom is 0.333 e. The van der Waals surface area contributed by atoms with Crippen LogP contribution in [0.25, 0.3) is 0 Å². The van der Waals surface area contributed by atoms with E-state index in [1.807, 2.05) is 0 Å². The number of aliphatic hydroxyl groups excluding tert-OH is 4. The van der Waals surface area contributed by atoms with Crippen molar-refractivity contribution in [1.82, 2.24) is 0 Å². The molecule has 0 aliphatic carbocycles. The van der Waals surface area contributed by atoms with Gasteiger partial charge < -0.3 is 38.9 Å². The Morgan fingerprint density at radius 3 is 2.09 bits per heavy atom. The van der Waals surface area contributed by atoms with Crippen LogP contribution in [-0.4, -0.2) is 83.7 Å². The lowest BCUT2D eigenvalue weighted by atomic mass is 9.96. The van der Waals surface area contributed by atoms with Gasteiger partial charge in [-0.2, -0.15) is 0 Å². The molecular weight excluding hydrogens is 319 g/mol. The van der Waals surface area contributed by atoms with Crippen molar-refractivity contribution in [3.05, 3.63) is 0 Å². The first-order valence-corrected chi connectivity index (χ1v) is 8.81. The smallest absolute Gasteiger partial charge is 0.333 e. The lowest BCUT2D eigenvalue weighted by Gasteiger charge is -2.41. The van der Waals surface area contributed by atoms with Crippen LogP contribution in [0.1, 0.15) is 13.8 Å². The van der Waals surface area contributed by atoms with Crippen molar-refractivity contribution in [2.24, 2.45) is 0 Å². The zero-order valence-electron chi connectivity index (χ0n) is 12.9. The molecule has 6 atom stereocenters. The van der Waals surface area contributed by atoms with Crippen molar-refractivity contribution in [3.63, 3.8) is 0 Å². The summed E-state index contributed by atoms with van der Waals surface area (Å²) in [4.78, 5) is 0. The summed E-state index contributed by atoms with van der Waals surface area (Å²) in [6.07, 6.45) is -9.01. The average molecular weight is 344 g/mol. The van der Waals surface area contributed by atoms with E-state index in [1.165, 1.54) is 7.11 Å². The van der Waals surface area contributed by atoms with E-state index in [0.29, 0.717) is 0 Å². The summed E-state index contributed by atoms with van der Waals surface area (Å²) < 4.78 is 32.6. The van der Waals surface area contributed by atoms with Gasteiger partial charge in [0.2, 0.25) is 0 Å². The van der Waals surface area contributed by atoms with Crippen molar-refractivity contribution >= 4 is 7.60 Å². The minimum Gasteiger partial charge on any atom is -0.390 e. The second-order valence-electron chi connectivity index (χ2n) is 4.87. The van der Waals surface area contributed by atoms with E-state index in [9.17, 15) is 25.0 Å². The molecule has 1 fully saturated rings. The molecule has 0 aromatic rings. The molecule has 0 spiro atoms. The number of aliphatic hydroxyl groups is 4. The van der Waals surface area contributed by atoms with Gasteiger partial charge in [-0.3, -0.25) is 4.57 Å². The summed E-state index contributed by atoms with van der Waals surface area (Å²) in [6.45, 7) is 3.51. The lowest BCUT2D eigenvalue weighted by Crippen LogP contribution is -2.61. The molecule has 1 rings (SSSR count). The monoisotopic (exact) mass is 344 g/mol. The number of rotatable bonds is 8. The van der Waals surface area contributed by atoms with E-state index in [1.54, 1.807) is 13.8 Å². The Bertz CT molecular complexity index is 368. The Morgan fingerprint density at radius 1 is 1.09 bits per heavy atom.